The summed E-state index contributed by atoms with van der Waals surface area (Å²) >= 11 is 0. The predicted octanol–water partition coefficient (Wildman–Crippen LogP) is 3.16. The van der Waals surface area contributed by atoms with Gasteiger partial charge in [-0.05, 0) is 47.2 Å². The summed E-state index contributed by atoms with van der Waals surface area (Å²) in [6.45, 7) is 3.83. The van der Waals surface area contributed by atoms with Crippen LogP contribution in [-0.4, -0.2) is 9.97 Å². The lowest BCUT2D eigenvalue weighted by molar-refractivity contribution is 0.689. The minimum Gasteiger partial charge on any atom is -0.361 e. The molecule has 1 aromatic carbocycles. The van der Waals surface area contributed by atoms with Gasteiger partial charge in [-0.15, -0.1) is 0 Å². The number of benzene rings is 1. The van der Waals surface area contributed by atoms with Crippen LogP contribution in [0.1, 0.15) is 16.7 Å². The van der Waals surface area contributed by atoms with Gasteiger partial charge in [-0.3, -0.25) is 4.98 Å². The summed E-state index contributed by atoms with van der Waals surface area (Å²) in [5, 5.41) is 4.72. The average Bonchev–Trinajstić information content (AvgIpc) is 2.88. The molecule has 3 rings (SSSR count). The van der Waals surface area contributed by atoms with E-state index in [0.29, 0.717) is 0 Å². The number of hydrogen-bond acceptors (Lipinski definition) is 2. The van der Waals surface area contributed by atoms with Gasteiger partial charge in [-0.2, -0.15) is 0 Å². The van der Waals surface area contributed by atoms with Crippen molar-refractivity contribution in [2.45, 2.75) is 20.0 Å². The highest BCUT2D eigenvalue weighted by Crippen LogP contribution is 2.14. The van der Waals surface area contributed by atoms with Gasteiger partial charge in [-0.1, -0.05) is 12.1 Å². The van der Waals surface area contributed by atoms with Crippen LogP contribution in [0.25, 0.3) is 10.9 Å². The molecule has 3 aromatic rings. The van der Waals surface area contributed by atoms with E-state index in [2.05, 4.69) is 46.5 Å². The molecule has 0 radical (unpaired) electrons. The van der Waals surface area contributed by atoms with E-state index in [0.717, 1.165) is 13.1 Å². The molecule has 0 amide bonds. The number of nitrogens with one attached hydrogen (secondary N) is 2. The molecule has 3 nitrogen and oxygen atoms in total. The number of H-pyrrole nitrogens is 1. The SMILES string of the molecule is Cc1ccncc1CNCc1ccc2cc[nH]c2c1. The van der Waals surface area contributed by atoms with E-state index in [1.807, 2.05) is 24.7 Å². The van der Waals surface area contributed by atoms with Gasteiger partial charge in [-0.25, -0.2) is 0 Å². The van der Waals surface area contributed by atoms with Gasteiger partial charge >= 0.3 is 0 Å². The van der Waals surface area contributed by atoms with E-state index in [4.69, 9.17) is 0 Å². The fourth-order valence-corrected chi connectivity index (χ4v) is 2.23. The van der Waals surface area contributed by atoms with E-state index in [1.54, 1.807) is 0 Å². The van der Waals surface area contributed by atoms with Crippen LogP contribution in [0.15, 0.2) is 48.9 Å². The Bertz CT molecular complexity index is 685. The molecule has 3 heteroatoms. The van der Waals surface area contributed by atoms with Gasteiger partial charge in [0, 0.05) is 37.2 Å². The number of rotatable bonds is 4. The van der Waals surface area contributed by atoms with Gasteiger partial charge in [0.25, 0.3) is 0 Å². The summed E-state index contributed by atoms with van der Waals surface area (Å²) in [5.74, 6) is 0. The Balaban J connectivity index is 1.64. The topological polar surface area (TPSA) is 40.7 Å². The molecule has 0 saturated carbocycles. The Morgan fingerprint density at radius 2 is 2.11 bits per heavy atom. The lowest BCUT2D eigenvalue weighted by Crippen LogP contribution is -2.13. The molecule has 2 N–H and O–H groups in total. The fraction of sp³-hybridized carbons (Fsp3) is 0.188. The number of aromatic nitrogens is 2. The van der Waals surface area contributed by atoms with Crippen molar-refractivity contribution in [3.05, 3.63) is 65.6 Å². The maximum absolute atomic E-state index is 4.16. The van der Waals surface area contributed by atoms with E-state index in [1.165, 1.54) is 27.6 Å². The van der Waals surface area contributed by atoms with Crippen LogP contribution in [0.3, 0.4) is 0 Å². The standard InChI is InChI=1S/C16H17N3/c1-12-4-6-17-10-15(12)11-18-9-13-2-3-14-5-7-19-16(14)8-13/h2-8,10,18-19H,9,11H2,1H3. The molecule has 0 aliphatic rings. The van der Waals surface area contributed by atoms with Crippen LogP contribution >= 0.6 is 0 Å². The minimum absolute atomic E-state index is 0.850. The average molecular weight is 251 g/mol. The van der Waals surface area contributed by atoms with Crippen LogP contribution in [0.2, 0.25) is 0 Å². The molecule has 0 saturated heterocycles. The van der Waals surface area contributed by atoms with Crippen molar-refractivity contribution in [1.82, 2.24) is 15.3 Å². The number of aromatic amines is 1. The fourth-order valence-electron chi connectivity index (χ4n) is 2.23. The van der Waals surface area contributed by atoms with Gasteiger partial charge in [0.2, 0.25) is 0 Å². The number of hydrogen-bond donors (Lipinski definition) is 2. The van der Waals surface area contributed by atoms with Crippen molar-refractivity contribution < 1.29 is 0 Å². The second kappa shape index (κ2) is 5.24. The maximum atomic E-state index is 4.16. The van der Waals surface area contributed by atoms with E-state index >= 15 is 0 Å². The molecule has 0 aliphatic heterocycles. The summed E-state index contributed by atoms with van der Waals surface area (Å²) < 4.78 is 0. The van der Waals surface area contributed by atoms with E-state index in [-0.39, 0.29) is 0 Å². The number of fused-ring (bicyclic) bond motifs is 1. The molecule has 0 bridgehead atoms. The molecule has 0 spiro atoms. The lowest BCUT2D eigenvalue weighted by atomic mass is 10.1. The third-order valence-electron chi connectivity index (χ3n) is 3.41. The van der Waals surface area contributed by atoms with Crippen LogP contribution in [0.5, 0.6) is 0 Å². The Labute approximate surface area is 112 Å². The molecule has 2 heterocycles. The first-order chi connectivity index (χ1) is 9.33. The normalized spacial score (nSPS) is 11.0. The van der Waals surface area contributed by atoms with Crippen LogP contribution in [-0.2, 0) is 13.1 Å². The Morgan fingerprint density at radius 3 is 3.00 bits per heavy atom. The number of nitrogens with zero attached hydrogens (tertiary/aromatic N) is 1. The third kappa shape index (κ3) is 2.66. The maximum Gasteiger partial charge on any atom is 0.0457 e. The van der Waals surface area contributed by atoms with Crippen molar-refractivity contribution in [3.8, 4) is 0 Å². The van der Waals surface area contributed by atoms with Crippen molar-refractivity contribution in [2.75, 3.05) is 0 Å². The van der Waals surface area contributed by atoms with Gasteiger partial charge in [0.15, 0.2) is 0 Å². The lowest BCUT2D eigenvalue weighted by Gasteiger charge is -2.07. The first-order valence-corrected chi connectivity index (χ1v) is 6.49. The molecule has 0 aliphatic carbocycles. The zero-order valence-electron chi connectivity index (χ0n) is 11.0. The largest absolute Gasteiger partial charge is 0.361 e. The highest BCUT2D eigenvalue weighted by atomic mass is 14.9. The Hall–Kier alpha value is -2.13. The summed E-state index contributed by atoms with van der Waals surface area (Å²) in [4.78, 5) is 7.40. The molecule has 0 atom stereocenters. The zero-order valence-corrected chi connectivity index (χ0v) is 11.0. The van der Waals surface area contributed by atoms with Crippen molar-refractivity contribution in [2.24, 2.45) is 0 Å². The monoisotopic (exact) mass is 251 g/mol. The quantitative estimate of drug-likeness (QED) is 0.747. The summed E-state index contributed by atoms with van der Waals surface area (Å²) in [6, 6.07) is 10.6. The molecular weight excluding hydrogens is 234 g/mol. The number of pyridine rings is 1. The van der Waals surface area contributed by atoms with Crippen LogP contribution in [0, 0.1) is 6.92 Å². The zero-order chi connectivity index (χ0) is 13.1. The Kier molecular flexibility index (Phi) is 3.29. The smallest absolute Gasteiger partial charge is 0.0457 e. The molecule has 96 valence electrons. The highest BCUT2D eigenvalue weighted by molar-refractivity contribution is 5.79. The van der Waals surface area contributed by atoms with Gasteiger partial charge in [0.1, 0.15) is 0 Å². The minimum atomic E-state index is 0.850. The molecule has 0 fully saturated rings. The molecule has 2 aromatic heterocycles. The summed E-state index contributed by atoms with van der Waals surface area (Å²) in [6.07, 6.45) is 5.73. The molecule has 0 unspecified atom stereocenters. The summed E-state index contributed by atoms with van der Waals surface area (Å²) in [5.41, 5.74) is 5.01. The van der Waals surface area contributed by atoms with E-state index < -0.39 is 0 Å². The third-order valence-corrected chi connectivity index (χ3v) is 3.41. The first kappa shape index (κ1) is 11.9. The first-order valence-electron chi connectivity index (χ1n) is 6.49. The van der Waals surface area contributed by atoms with Crippen molar-refractivity contribution >= 4 is 10.9 Å². The van der Waals surface area contributed by atoms with Crippen LogP contribution < -0.4 is 5.32 Å². The van der Waals surface area contributed by atoms with Crippen LogP contribution in [0.4, 0.5) is 0 Å². The second-order valence-corrected chi connectivity index (χ2v) is 4.80. The van der Waals surface area contributed by atoms with Crippen molar-refractivity contribution in [3.63, 3.8) is 0 Å². The second-order valence-electron chi connectivity index (χ2n) is 4.80. The molecular formula is C16H17N3. The number of aryl methyl sites for hydroxylation is 1. The summed E-state index contributed by atoms with van der Waals surface area (Å²) in [7, 11) is 0. The van der Waals surface area contributed by atoms with Crippen molar-refractivity contribution in [1.29, 1.82) is 0 Å². The highest BCUT2D eigenvalue weighted by Gasteiger charge is 1.99. The van der Waals surface area contributed by atoms with Gasteiger partial charge < -0.3 is 10.3 Å². The van der Waals surface area contributed by atoms with E-state index in [9.17, 15) is 0 Å². The Morgan fingerprint density at radius 1 is 1.16 bits per heavy atom. The van der Waals surface area contributed by atoms with Gasteiger partial charge in [0.05, 0.1) is 0 Å². The predicted molar refractivity (Wildman–Crippen MR) is 77.8 cm³/mol. The molecule has 19 heavy (non-hydrogen) atoms.